The topological polar surface area (TPSA) is 16.1 Å². The zero-order valence-corrected chi connectivity index (χ0v) is 10.6. The minimum absolute atomic E-state index is 0.244. The van der Waals surface area contributed by atoms with Crippen molar-refractivity contribution >= 4 is 0 Å². The Morgan fingerprint density at radius 1 is 1.44 bits per heavy atom. The molecular weight excluding hydrogens is 196 g/mol. The van der Waals surface area contributed by atoms with Crippen molar-refractivity contribution in [2.75, 3.05) is 0 Å². The molecule has 0 unspecified atom stereocenters. The Labute approximate surface area is 98.7 Å². The van der Waals surface area contributed by atoms with Crippen LogP contribution in [0.1, 0.15) is 33.4 Å². The second-order valence-corrected chi connectivity index (χ2v) is 4.75. The maximum atomic E-state index is 5.59. The summed E-state index contributed by atoms with van der Waals surface area (Å²) in [6, 6.07) is 6.36. The van der Waals surface area contributed by atoms with E-state index < -0.39 is 0 Å². The van der Waals surface area contributed by atoms with Gasteiger partial charge < -0.3 is 0 Å². The van der Waals surface area contributed by atoms with E-state index in [1.807, 2.05) is 24.4 Å². The van der Waals surface area contributed by atoms with Gasteiger partial charge in [0.2, 0.25) is 0 Å². The van der Waals surface area contributed by atoms with Crippen LogP contribution in [0.5, 0.6) is 0 Å². The fraction of sp³-hybridized carbons (Fsp3) is 0.500. The molecular formula is C14H20N2. The van der Waals surface area contributed by atoms with Crippen molar-refractivity contribution in [2.45, 2.75) is 45.8 Å². The van der Waals surface area contributed by atoms with E-state index in [2.05, 4.69) is 43.5 Å². The number of rotatable bonds is 4. The van der Waals surface area contributed by atoms with Crippen molar-refractivity contribution in [2.24, 2.45) is 0 Å². The first-order valence-electron chi connectivity index (χ1n) is 5.62. The molecule has 1 rings (SSSR count). The van der Waals surface area contributed by atoms with Crippen molar-refractivity contribution in [3.05, 3.63) is 30.1 Å². The van der Waals surface area contributed by atoms with Gasteiger partial charge in [-0.3, -0.25) is 9.88 Å². The summed E-state index contributed by atoms with van der Waals surface area (Å²) in [6.45, 7) is 9.23. The molecule has 0 saturated heterocycles. The van der Waals surface area contributed by atoms with Crippen molar-refractivity contribution in [1.29, 1.82) is 0 Å². The van der Waals surface area contributed by atoms with Crippen LogP contribution in [0.15, 0.2) is 24.4 Å². The molecule has 0 fully saturated rings. The van der Waals surface area contributed by atoms with Crippen LogP contribution in [0.25, 0.3) is 0 Å². The molecule has 0 atom stereocenters. The van der Waals surface area contributed by atoms with Gasteiger partial charge in [0, 0.05) is 18.8 Å². The molecule has 0 aliphatic carbocycles. The summed E-state index contributed by atoms with van der Waals surface area (Å²) in [5, 5.41) is 0. The number of nitrogens with zero attached hydrogens (tertiary/aromatic N) is 2. The van der Waals surface area contributed by atoms with E-state index in [9.17, 15) is 0 Å². The van der Waals surface area contributed by atoms with Gasteiger partial charge in [0.15, 0.2) is 0 Å². The molecule has 0 aliphatic heterocycles. The zero-order chi connectivity index (χ0) is 12.2. The number of hydrogen-bond acceptors (Lipinski definition) is 2. The molecule has 0 saturated carbocycles. The predicted molar refractivity (Wildman–Crippen MR) is 67.8 cm³/mol. The van der Waals surface area contributed by atoms with Gasteiger partial charge in [-0.1, -0.05) is 12.0 Å². The summed E-state index contributed by atoms with van der Waals surface area (Å²) in [4.78, 5) is 6.61. The van der Waals surface area contributed by atoms with Gasteiger partial charge in [-0.15, -0.1) is 6.42 Å². The predicted octanol–water partition coefficient (Wildman–Crippen LogP) is 2.70. The molecule has 1 aromatic heterocycles. The molecule has 0 amide bonds. The Kier molecular flexibility index (Phi) is 4.09. The number of terminal acetylenes is 1. The third-order valence-corrected chi connectivity index (χ3v) is 2.75. The van der Waals surface area contributed by atoms with E-state index in [-0.39, 0.29) is 5.54 Å². The zero-order valence-electron chi connectivity index (χ0n) is 10.6. The highest BCUT2D eigenvalue weighted by Gasteiger charge is 2.26. The number of aromatic nitrogens is 1. The molecule has 0 N–H and O–H groups in total. The molecule has 1 heterocycles. The molecule has 0 aromatic carbocycles. The Balaban J connectivity index is 2.86. The van der Waals surface area contributed by atoms with E-state index >= 15 is 0 Å². The van der Waals surface area contributed by atoms with Crippen molar-refractivity contribution in [3.8, 4) is 12.3 Å². The maximum absolute atomic E-state index is 5.59. The third kappa shape index (κ3) is 3.08. The molecule has 16 heavy (non-hydrogen) atoms. The monoisotopic (exact) mass is 216 g/mol. The fourth-order valence-electron chi connectivity index (χ4n) is 1.77. The van der Waals surface area contributed by atoms with Crippen molar-refractivity contribution in [1.82, 2.24) is 9.88 Å². The van der Waals surface area contributed by atoms with Crippen LogP contribution in [0.4, 0.5) is 0 Å². The second-order valence-electron chi connectivity index (χ2n) is 4.75. The lowest BCUT2D eigenvalue weighted by Gasteiger charge is -2.37. The van der Waals surface area contributed by atoms with Crippen LogP contribution in [-0.2, 0) is 6.54 Å². The quantitative estimate of drug-likeness (QED) is 0.719. The molecule has 2 heteroatoms. The first-order chi connectivity index (χ1) is 7.47. The summed E-state index contributed by atoms with van der Waals surface area (Å²) < 4.78 is 0. The van der Waals surface area contributed by atoms with Gasteiger partial charge in [0.25, 0.3) is 0 Å². The van der Waals surface area contributed by atoms with E-state index in [4.69, 9.17) is 6.42 Å². The van der Waals surface area contributed by atoms with E-state index in [1.54, 1.807) is 0 Å². The van der Waals surface area contributed by atoms with E-state index in [0.29, 0.717) is 6.04 Å². The van der Waals surface area contributed by atoms with E-state index in [0.717, 1.165) is 12.2 Å². The molecule has 0 bridgehead atoms. The highest BCUT2D eigenvalue weighted by molar-refractivity contribution is 5.12. The summed E-state index contributed by atoms with van der Waals surface area (Å²) in [7, 11) is 0. The van der Waals surface area contributed by atoms with Crippen LogP contribution in [0.3, 0.4) is 0 Å². The highest BCUT2D eigenvalue weighted by atomic mass is 15.2. The van der Waals surface area contributed by atoms with Gasteiger partial charge in [-0.25, -0.2) is 0 Å². The van der Waals surface area contributed by atoms with Crippen LogP contribution in [0.2, 0.25) is 0 Å². The van der Waals surface area contributed by atoms with Gasteiger partial charge in [0.1, 0.15) is 0 Å². The van der Waals surface area contributed by atoms with Crippen LogP contribution in [-0.4, -0.2) is 21.5 Å². The van der Waals surface area contributed by atoms with E-state index in [1.165, 1.54) is 0 Å². The van der Waals surface area contributed by atoms with Gasteiger partial charge >= 0.3 is 0 Å². The van der Waals surface area contributed by atoms with Crippen molar-refractivity contribution < 1.29 is 0 Å². The Bertz CT molecular complexity index is 360. The van der Waals surface area contributed by atoms with Gasteiger partial charge in [0.05, 0.1) is 11.2 Å². The van der Waals surface area contributed by atoms with Crippen LogP contribution in [0, 0.1) is 12.3 Å². The summed E-state index contributed by atoms with van der Waals surface area (Å²) in [5.41, 5.74) is 0.811. The maximum Gasteiger partial charge on any atom is 0.0771 e. The number of pyridine rings is 1. The Morgan fingerprint density at radius 3 is 2.56 bits per heavy atom. The average molecular weight is 216 g/mol. The first-order valence-corrected chi connectivity index (χ1v) is 5.62. The minimum Gasteiger partial charge on any atom is -0.279 e. The largest absolute Gasteiger partial charge is 0.279 e. The molecule has 0 spiro atoms. The number of hydrogen-bond donors (Lipinski definition) is 0. The molecule has 86 valence electrons. The lowest BCUT2D eigenvalue weighted by Crippen LogP contribution is -2.46. The normalized spacial score (nSPS) is 11.8. The van der Waals surface area contributed by atoms with Crippen molar-refractivity contribution in [3.63, 3.8) is 0 Å². The first kappa shape index (κ1) is 12.7. The SMILES string of the molecule is C#CC(C)(C)N(Cc1ccccn1)C(C)C. The minimum atomic E-state index is -0.244. The highest BCUT2D eigenvalue weighted by Crippen LogP contribution is 2.19. The smallest absolute Gasteiger partial charge is 0.0771 e. The lowest BCUT2D eigenvalue weighted by molar-refractivity contribution is 0.117. The standard InChI is InChI=1S/C14H20N2/c1-6-14(4,5)16(12(2)3)11-13-9-7-8-10-15-13/h1,7-10,12H,11H2,2-5H3. The fourth-order valence-corrected chi connectivity index (χ4v) is 1.77. The third-order valence-electron chi connectivity index (χ3n) is 2.75. The van der Waals surface area contributed by atoms with Gasteiger partial charge in [-0.05, 0) is 39.8 Å². The Hall–Kier alpha value is -1.33. The summed E-state index contributed by atoms with van der Waals surface area (Å²) >= 11 is 0. The van der Waals surface area contributed by atoms with Crippen LogP contribution < -0.4 is 0 Å². The second kappa shape index (κ2) is 5.14. The van der Waals surface area contributed by atoms with Crippen LogP contribution >= 0.6 is 0 Å². The Morgan fingerprint density at radius 2 is 2.12 bits per heavy atom. The summed E-state index contributed by atoms with van der Waals surface area (Å²) in [6.07, 6.45) is 7.40. The molecule has 0 aliphatic rings. The average Bonchev–Trinajstić information content (AvgIpc) is 2.26. The molecule has 0 radical (unpaired) electrons. The summed E-state index contributed by atoms with van der Waals surface area (Å²) in [5.74, 6) is 2.84. The molecule has 1 aromatic rings. The molecule has 2 nitrogen and oxygen atoms in total. The van der Waals surface area contributed by atoms with Gasteiger partial charge in [-0.2, -0.15) is 0 Å². The lowest BCUT2D eigenvalue weighted by atomic mass is 10.0.